The Morgan fingerprint density at radius 1 is 1.83 bits per heavy atom. The van der Waals surface area contributed by atoms with Gasteiger partial charge in [-0.25, -0.2) is 0 Å². The van der Waals surface area contributed by atoms with E-state index in [1.807, 2.05) is 0 Å². The Balaban J connectivity index is 2.32. The van der Waals surface area contributed by atoms with Crippen LogP contribution in [0.4, 0.5) is 0 Å². The molecule has 1 aliphatic heterocycles. The molecule has 1 aliphatic rings. The number of carbonyl (C=O) groups is 2. The second kappa shape index (κ2) is 3.90. The Morgan fingerprint density at radius 2 is 2.58 bits per heavy atom. The SMILES string of the molecule is C=CCNC(=O)C1CCC(=O)O1. The molecule has 1 unspecified atom stereocenters. The number of rotatable bonds is 3. The first-order valence-electron chi connectivity index (χ1n) is 3.82. The van der Waals surface area contributed by atoms with Crippen molar-refractivity contribution in [1.82, 2.24) is 5.32 Å². The van der Waals surface area contributed by atoms with Crippen LogP contribution in [0.25, 0.3) is 0 Å². The van der Waals surface area contributed by atoms with Crippen LogP contribution in [-0.2, 0) is 14.3 Å². The van der Waals surface area contributed by atoms with Gasteiger partial charge in [-0.05, 0) is 0 Å². The number of nitrogens with one attached hydrogen (secondary N) is 1. The van der Waals surface area contributed by atoms with Crippen LogP contribution >= 0.6 is 0 Å². The third kappa shape index (κ3) is 2.08. The number of amides is 1. The fourth-order valence-electron chi connectivity index (χ4n) is 0.997. The lowest BCUT2D eigenvalue weighted by atomic mass is 10.2. The molecule has 1 amide bonds. The highest BCUT2D eigenvalue weighted by atomic mass is 16.6. The predicted molar refractivity (Wildman–Crippen MR) is 42.3 cm³/mol. The van der Waals surface area contributed by atoms with E-state index in [4.69, 9.17) is 4.74 Å². The first kappa shape index (κ1) is 8.77. The molecule has 0 aromatic carbocycles. The van der Waals surface area contributed by atoms with Crippen LogP contribution in [0.3, 0.4) is 0 Å². The number of hydrogen-bond donors (Lipinski definition) is 1. The molecule has 0 radical (unpaired) electrons. The van der Waals surface area contributed by atoms with Gasteiger partial charge in [-0.15, -0.1) is 6.58 Å². The Hall–Kier alpha value is -1.32. The van der Waals surface area contributed by atoms with Crippen molar-refractivity contribution in [1.29, 1.82) is 0 Å². The molecule has 1 fully saturated rings. The first-order chi connectivity index (χ1) is 5.74. The highest BCUT2D eigenvalue weighted by Crippen LogP contribution is 2.13. The molecule has 4 heteroatoms. The lowest BCUT2D eigenvalue weighted by molar-refractivity contribution is -0.148. The van der Waals surface area contributed by atoms with Crippen molar-refractivity contribution in [3.8, 4) is 0 Å². The van der Waals surface area contributed by atoms with Gasteiger partial charge in [-0.3, -0.25) is 9.59 Å². The van der Waals surface area contributed by atoms with Gasteiger partial charge in [-0.2, -0.15) is 0 Å². The Bertz CT molecular complexity index is 212. The first-order valence-corrected chi connectivity index (χ1v) is 3.82. The van der Waals surface area contributed by atoms with Gasteiger partial charge in [0.1, 0.15) is 0 Å². The smallest absolute Gasteiger partial charge is 0.306 e. The Labute approximate surface area is 70.6 Å². The van der Waals surface area contributed by atoms with Gasteiger partial charge in [-0.1, -0.05) is 6.08 Å². The van der Waals surface area contributed by atoms with Crippen LogP contribution in [0.1, 0.15) is 12.8 Å². The van der Waals surface area contributed by atoms with Crippen LogP contribution in [0.2, 0.25) is 0 Å². The normalized spacial score (nSPS) is 21.7. The van der Waals surface area contributed by atoms with Crippen molar-refractivity contribution in [3.63, 3.8) is 0 Å². The fraction of sp³-hybridized carbons (Fsp3) is 0.500. The zero-order chi connectivity index (χ0) is 8.97. The Morgan fingerprint density at radius 3 is 3.08 bits per heavy atom. The number of carbonyl (C=O) groups excluding carboxylic acids is 2. The van der Waals surface area contributed by atoms with Gasteiger partial charge in [0.2, 0.25) is 0 Å². The maximum atomic E-state index is 11.1. The van der Waals surface area contributed by atoms with Gasteiger partial charge in [0.15, 0.2) is 6.10 Å². The van der Waals surface area contributed by atoms with E-state index in [1.165, 1.54) is 0 Å². The zero-order valence-electron chi connectivity index (χ0n) is 6.71. The van der Waals surface area contributed by atoms with Gasteiger partial charge < -0.3 is 10.1 Å². The van der Waals surface area contributed by atoms with Crippen LogP contribution in [0.15, 0.2) is 12.7 Å². The summed E-state index contributed by atoms with van der Waals surface area (Å²) in [5.74, 6) is -0.533. The van der Waals surface area contributed by atoms with E-state index in [0.717, 1.165) is 0 Å². The monoisotopic (exact) mass is 169 g/mol. The van der Waals surface area contributed by atoms with Crippen molar-refractivity contribution in [2.75, 3.05) is 6.54 Å². The minimum atomic E-state index is -0.586. The summed E-state index contributed by atoms with van der Waals surface area (Å²) < 4.78 is 4.73. The van der Waals surface area contributed by atoms with Crippen molar-refractivity contribution < 1.29 is 14.3 Å². The van der Waals surface area contributed by atoms with Crippen LogP contribution < -0.4 is 5.32 Å². The molecule has 0 aromatic heterocycles. The minimum Gasteiger partial charge on any atom is -0.452 e. The van der Waals surface area contributed by atoms with Gasteiger partial charge in [0, 0.05) is 19.4 Å². The average Bonchev–Trinajstić information content (AvgIpc) is 2.47. The number of hydrogen-bond acceptors (Lipinski definition) is 3. The standard InChI is InChI=1S/C8H11NO3/c1-2-5-9-8(11)6-3-4-7(10)12-6/h2,6H,1,3-5H2,(H,9,11). The molecule has 1 atom stereocenters. The van der Waals surface area contributed by atoms with Gasteiger partial charge in [0.05, 0.1) is 0 Å². The maximum Gasteiger partial charge on any atom is 0.306 e. The van der Waals surface area contributed by atoms with Crippen LogP contribution in [0, 0.1) is 0 Å². The van der Waals surface area contributed by atoms with E-state index < -0.39 is 6.10 Å². The molecule has 1 saturated heterocycles. The van der Waals surface area contributed by atoms with Crippen LogP contribution in [-0.4, -0.2) is 24.5 Å². The largest absolute Gasteiger partial charge is 0.452 e. The molecule has 0 bridgehead atoms. The molecule has 1 rings (SSSR count). The molecule has 0 spiro atoms. The third-order valence-corrected chi connectivity index (χ3v) is 1.60. The van der Waals surface area contributed by atoms with Crippen LogP contribution in [0.5, 0.6) is 0 Å². The van der Waals surface area contributed by atoms with Crippen molar-refractivity contribution >= 4 is 11.9 Å². The number of cyclic esters (lactones) is 1. The second-order valence-electron chi connectivity index (χ2n) is 2.55. The number of ether oxygens (including phenoxy) is 1. The average molecular weight is 169 g/mol. The summed E-state index contributed by atoms with van der Waals surface area (Å²) >= 11 is 0. The molecule has 0 saturated carbocycles. The quantitative estimate of drug-likeness (QED) is 0.477. The molecular formula is C8H11NO3. The summed E-state index contributed by atoms with van der Waals surface area (Å²) in [6.45, 7) is 3.86. The molecule has 4 nitrogen and oxygen atoms in total. The fourth-order valence-corrected chi connectivity index (χ4v) is 0.997. The molecule has 1 N–H and O–H groups in total. The lowest BCUT2D eigenvalue weighted by Crippen LogP contribution is -2.34. The third-order valence-electron chi connectivity index (χ3n) is 1.60. The maximum absolute atomic E-state index is 11.1. The van der Waals surface area contributed by atoms with E-state index in [2.05, 4.69) is 11.9 Å². The Kier molecular flexibility index (Phi) is 2.85. The summed E-state index contributed by atoms with van der Waals surface area (Å²) in [5.41, 5.74) is 0. The van der Waals surface area contributed by atoms with Crippen molar-refractivity contribution in [3.05, 3.63) is 12.7 Å². The molecule has 12 heavy (non-hydrogen) atoms. The summed E-state index contributed by atoms with van der Waals surface area (Å²) in [5, 5.41) is 2.56. The lowest BCUT2D eigenvalue weighted by Gasteiger charge is -2.07. The summed E-state index contributed by atoms with van der Waals surface area (Å²) in [6, 6.07) is 0. The van der Waals surface area contributed by atoms with E-state index in [-0.39, 0.29) is 11.9 Å². The summed E-state index contributed by atoms with van der Waals surface area (Å²) in [4.78, 5) is 21.7. The van der Waals surface area contributed by atoms with E-state index in [0.29, 0.717) is 19.4 Å². The highest BCUT2D eigenvalue weighted by Gasteiger charge is 2.28. The van der Waals surface area contributed by atoms with Gasteiger partial charge >= 0.3 is 5.97 Å². The number of esters is 1. The van der Waals surface area contributed by atoms with Crippen molar-refractivity contribution in [2.45, 2.75) is 18.9 Å². The second-order valence-corrected chi connectivity index (χ2v) is 2.55. The molecular weight excluding hydrogens is 158 g/mol. The summed E-state index contributed by atoms with van der Waals surface area (Å²) in [6.07, 6.45) is 1.82. The molecule has 1 heterocycles. The van der Waals surface area contributed by atoms with Crippen molar-refractivity contribution in [2.24, 2.45) is 0 Å². The van der Waals surface area contributed by atoms with E-state index in [1.54, 1.807) is 6.08 Å². The van der Waals surface area contributed by atoms with E-state index in [9.17, 15) is 9.59 Å². The highest BCUT2D eigenvalue weighted by molar-refractivity contribution is 5.86. The van der Waals surface area contributed by atoms with E-state index >= 15 is 0 Å². The zero-order valence-corrected chi connectivity index (χ0v) is 6.71. The predicted octanol–water partition coefficient (Wildman–Crippen LogP) is -0.00580. The summed E-state index contributed by atoms with van der Waals surface area (Å²) in [7, 11) is 0. The minimum absolute atomic E-state index is 0.235. The topological polar surface area (TPSA) is 55.4 Å². The van der Waals surface area contributed by atoms with Gasteiger partial charge in [0.25, 0.3) is 5.91 Å². The molecule has 0 aliphatic carbocycles. The molecule has 0 aromatic rings. The molecule has 66 valence electrons.